The maximum atomic E-state index is 12.0. The summed E-state index contributed by atoms with van der Waals surface area (Å²) in [6, 6.07) is 9.89. The average molecular weight is 272 g/mol. The second-order valence-corrected chi connectivity index (χ2v) is 4.60. The molecule has 0 aliphatic rings. The third-order valence-electron chi connectivity index (χ3n) is 3.23. The molecule has 0 amide bonds. The van der Waals surface area contributed by atoms with Gasteiger partial charge >= 0.3 is 0 Å². The van der Waals surface area contributed by atoms with Crippen molar-refractivity contribution in [2.45, 2.75) is 25.9 Å². The third kappa shape index (κ3) is 3.45. The molecule has 2 aromatic rings. The lowest BCUT2D eigenvalue weighted by Crippen LogP contribution is -2.25. The zero-order valence-corrected chi connectivity index (χ0v) is 11.6. The summed E-state index contributed by atoms with van der Waals surface area (Å²) in [4.78, 5) is 16.0. The molecule has 1 aromatic carbocycles. The molecular formula is C15H20N4O. The Morgan fingerprint density at radius 3 is 2.80 bits per heavy atom. The first kappa shape index (κ1) is 14.3. The van der Waals surface area contributed by atoms with Gasteiger partial charge < -0.3 is 15.6 Å². The molecule has 0 saturated heterocycles. The standard InChI is InChI=1S/C15H20N4O/c1-2-19-11-10-18-14(15(19)20)17-9-8-13(16)12-6-4-3-5-7-12/h3-7,10-11,13H,2,8-9,16H2,1H3,(H,17,18). The van der Waals surface area contributed by atoms with Crippen LogP contribution in [0.4, 0.5) is 5.82 Å². The van der Waals surface area contributed by atoms with Crippen molar-refractivity contribution in [3.8, 4) is 0 Å². The highest BCUT2D eigenvalue weighted by molar-refractivity contribution is 5.30. The molecule has 0 aliphatic heterocycles. The van der Waals surface area contributed by atoms with Crippen molar-refractivity contribution in [2.24, 2.45) is 5.73 Å². The zero-order chi connectivity index (χ0) is 14.4. The molecule has 106 valence electrons. The molecule has 1 unspecified atom stereocenters. The van der Waals surface area contributed by atoms with Gasteiger partial charge in [-0.05, 0) is 18.9 Å². The topological polar surface area (TPSA) is 72.9 Å². The van der Waals surface area contributed by atoms with Gasteiger partial charge in [0.2, 0.25) is 0 Å². The maximum Gasteiger partial charge on any atom is 0.293 e. The van der Waals surface area contributed by atoms with Crippen molar-refractivity contribution in [3.05, 3.63) is 58.6 Å². The van der Waals surface area contributed by atoms with E-state index in [2.05, 4.69) is 10.3 Å². The van der Waals surface area contributed by atoms with E-state index in [1.54, 1.807) is 17.0 Å². The lowest BCUT2D eigenvalue weighted by atomic mass is 10.1. The van der Waals surface area contributed by atoms with E-state index in [-0.39, 0.29) is 11.6 Å². The van der Waals surface area contributed by atoms with Crippen molar-refractivity contribution in [1.29, 1.82) is 0 Å². The van der Waals surface area contributed by atoms with Crippen molar-refractivity contribution < 1.29 is 0 Å². The molecule has 20 heavy (non-hydrogen) atoms. The van der Waals surface area contributed by atoms with Gasteiger partial charge in [0.1, 0.15) is 0 Å². The highest BCUT2D eigenvalue weighted by Gasteiger charge is 2.07. The number of nitrogens with zero attached hydrogens (tertiary/aromatic N) is 2. The monoisotopic (exact) mass is 272 g/mol. The van der Waals surface area contributed by atoms with Gasteiger partial charge in [-0.15, -0.1) is 0 Å². The van der Waals surface area contributed by atoms with E-state index in [9.17, 15) is 4.79 Å². The molecule has 0 bridgehead atoms. The predicted octanol–water partition coefficient (Wildman–Crippen LogP) is 1.77. The molecule has 0 radical (unpaired) electrons. The molecule has 0 saturated carbocycles. The second-order valence-electron chi connectivity index (χ2n) is 4.60. The van der Waals surface area contributed by atoms with Crippen LogP contribution in [0, 0.1) is 0 Å². The summed E-state index contributed by atoms with van der Waals surface area (Å²) >= 11 is 0. The van der Waals surface area contributed by atoms with Crippen molar-refractivity contribution >= 4 is 5.82 Å². The first-order valence-corrected chi connectivity index (χ1v) is 6.82. The number of anilines is 1. The molecule has 1 atom stereocenters. The van der Waals surface area contributed by atoms with Crippen LogP contribution in [0.3, 0.4) is 0 Å². The molecule has 0 spiro atoms. The number of rotatable bonds is 6. The van der Waals surface area contributed by atoms with E-state index in [0.717, 1.165) is 12.0 Å². The van der Waals surface area contributed by atoms with Crippen LogP contribution in [0.1, 0.15) is 24.9 Å². The summed E-state index contributed by atoms with van der Waals surface area (Å²) in [5.74, 6) is 0.384. The average Bonchev–Trinajstić information content (AvgIpc) is 2.49. The second kappa shape index (κ2) is 6.86. The first-order chi connectivity index (χ1) is 9.72. The number of aromatic nitrogens is 2. The van der Waals surface area contributed by atoms with Crippen LogP contribution in [-0.2, 0) is 6.54 Å². The Morgan fingerprint density at radius 2 is 2.10 bits per heavy atom. The maximum absolute atomic E-state index is 12.0. The quantitative estimate of drug-likeness (QED) is 0.840. The Labute approximate surface area is 118 Å². The molecule has 2 rings (SSSR count). The number of aryl methyl sites for hydroxylation is 1. The molecule has 1 aromatic heterocycles. The van der Waals surface area contributed by atoms with Gasteiger partial charge in [0.15, 0.2) is 5.82 Å². The molecule has 5 heteroatoms. The van der Waals surface area contributed by atoms with Crippen LogP contribution < -0.4 is 16.6 Å². The normalized spacial score (nSPS) is 12.1. The Morgan fingerprint density at radius 1 is 1.35 bits per heavy atom. The summed E-state index contributed by atoms with van der Waals surface area (Å²) in [5, 5.41) is 3.06. The van der Waals surface area contributed by atoms with Crippen molar-refractivity contribution in [3.63, 3.8) is 0 Å². The third-order valence-corrected chi connectivity index (χ3v) is 3.23. The number of hydrogen-bond acceptors (Lipinski definition) is 4. The highest BCUT2D eigenvalue weighted by Crippen LogP contribution is 2.12. The minimum Gasteiger partial charge on any atom is -0.365 e. The van der Waals surface area contributed by atoms with E-state index in [4.69, 9.17) is 5.73 Å². The zero-order valence-electron chi connectivity index (χ0n) is 11.6. The van der Waals surface area contributed by atoms with Gasteiger partial charge in [-0.2, -0.15) is 0 Å². The van der Waals surface area contributed by atoms with Gasteiger partial charge in [0.25, 0.3) is 5.56 Å². The van der Waals surface area contributed by atoms with E-state index in [1.165, 1.54) is 0 Å². The van der Waals surface area contributed by atoms with Gasteiger partial charge in [-0.1, -0.05) is 30.3 Å². The fourth-order valence-corrected chi connectivity index (χ4v) is 2.03. The Balaban J connectivity index is 1.92. The molecule has 0 fully saturated rings. The summed E-state index contributed by atoms with van der Waals surface area (Å²) in [5.41, 5.74) is 7.11. The van der Waals surface area contributed by atoms with Gasteiger partial charge in [0.05, 0.1) is 0 Å². The Bertz CT molecular complexity index is 594. The molecule has 3 N–H and O–H groups in total. The van der Waals surface area contributed by atoms with Crippen LogP contribution in [0.15, 0.2) is 47.5 Å². The van der Waals surface area contributed by atoms with Crippen molar-refractivity contribution in [1.82, 2.24) is 9.55 Å². The summed E-state index contributed by atoms with van der Waals surface area (Å²) in [6.07, 6.45) is 4.06. The van der Waals surface area contributed by atoms with Crippen LogP contribution >= 0.6 is 0 Å². The van der Waals surface area contributed by atoms with E-state index < -0.39 is 0 Å². The minimum absolute atomic E-state index is 0.0409. The first-order valence-electron chi connectivity index (χ1n) is 6.82. The van der Waals surface area contributed by atoms with Crippen LogP contribution in [0.5, 0.6) is 0 Å². The van der Waals surface area contributed by atoms with Crippen LogP contribution in [0.2, 0.25) is 0 Å². The summed E-state index contributed by atoms with van der Waals surface area (Å²) < 4.78 is 1.62. The number of hydrogen-bond donors (Lipinski definition) is 2. The fraction of sp³-hybridized carbons (Fsp3) is 0.333. The van der Waals surface area contributed by atoms with Crippen molar-refractivity contribution in [2.75, 3.05) is 11.9 Å². The van der Waals surface area contributed by atoms with E-state index >= 15 is 0 Å². The number of benzene rings is 1. The Kier molecular flexibility index (Phi) is 4.90. The van der Waals surface area contributed by atoms with Gasteiger partial charge in [-0.3, -0.25) is 4.79 Å². The fourth-order valence-electron chi connectivity index (χ4n) is 2.03. The summed E-state index contributed by atoms with van der Waals surface area (Å²) in [6.45, 7) is 3.18. The molecule has 1 heterocycles. The Hall–Kier alpha value is -2.14. The van der Waals surface area contributed by atoms with Crippen LogP contribution in [-0.4, -0.2) is 16.1 Å². The smallest absolute Gasteiger partial charge is 0.293 e. The lowest BCUT2D eigenvalue weighted by molar-refractivity contribution is 0.670. The number of nitrogens with two attached hydrogens (primary N) is 1. The van der Waals surface area contributed by atoms with Gasteiger partial charge in [0, 0.05) is 31.5 Å². The molecule has 5 nitrogen and oxygen atoms in total. The summed E-state index contributed by atoms with van der Waals surface area (Å²) in [7, 11) is 0. The largest absolute Gasteiger partial charge is 0.365 e. The van der Waals surface area contributed by atoms with Gasteiger partial charge in [-0.25, -0.2) is 4.98 Å². The van der Waals surface area contributed by atoms with E-state index in [0.29, 0.717) is 18.9 Å². The van der Waals surface area contributed by atoms with E-state index in [1.807, 2.05) is 37.3 Å². The minimum atomic E-state index is -0.0942. The van der Waals surface area contributed by atoms with Crippen LogP contribution in [0.25, 0.3) is 0 Å². The molecular weight excluding hydrogens is 252 g/mol. The highest BCUT2D eigenvalue weighted by atomic mass is 16.1. The SMILES string of the molecule is CCn1ccnc(NCCC(N)c2ccccc2)c1=O. The lowest BCUT2D eigenvalue weighted by Gasteiger charge is -2.13. The predicted molar refractivity (Wildman–Crippen MR) is 80.6 cm³/mol. The number of nitrogens with one attached hydrogen (secondary N) is 1. The molecule has 0 aliphatic carbocycles.